The highest BCUT2D eigenvalue weighted by molar-refractivity contribution is 5.78. The summed E-state index contributed by atoms with van der Waals surface area (Å²) in [5.41, 5.74) is 0. The molecule has 8 nitrogen and oxygen atoms in total. The molecule has 25 heavy (non-hydrogen) atoms. The molecule has 0 atom stereocenters. The molecule has 0 aliphatic carbocycles. The van der Waals surface area contributed by atoms with Gasteiger partial charge in [-0.05, 0) is 26.9 Å². The highest BCUT2D eigenvalue weighted by atomic mass is 16.5. The number of morpholine rings is 1. The number of hydrogen-bond acceptors (Lipinski definition) is 6. The second kappa shape index (κ2) is 8.25. The van der Waals surface area contributed by atoms with Crippen LogP contribution in [-0.2, 0) is 23.1 Å². The van der Waals surface area contributed by atoms with Gasteiger partial charge in [-0.15, -0.1) is 10.2 Å². The Hall–Kier alpha value is -1.51. The summed E-state index contributed by atoms with van der Waals surface area (Å²) in [4.78, 5) is 18.8. The molecule has 140 valence electrons. The average molecular weight is 350 g/mol. The number of nitrogens with zero attached hydrogens (tertiary/aromatic N) is 6. The Morgan fingerprint density at radius 2 is 1.84 bits per heavy atom. The molecule has 0 spiro atoms. The molecule has 0 aromatic carbocycles. The van der Waals surface area contributed by atoms with Crippen molar-refractivity contribution in [1.82, 2.24) is 29.5 Å². The summed E-state index contributed by atoms with van der Waals surface area (Å²) in [5, 5.41) is 8.75. The van der Waals surface area contributed by atoms with Gasteiger partial charge in [-0.3, -0.25) is 9.69 Å². The van der Waals surface area contributed by atoms with Crippen LogP contribution in [0.4, 0.5) is 0 Å². The number of rotatable bonds is 5. The topological polar surface area (TPSA) is 66.7 Å². The first kappa shape index (κ1) is 18.3. The van der Waals surface area contributed by atoms with Crippen molar-refractivity contribution in [3.05, 3.63) is 11.6 Å². The van der Waals surface area contributed by atoms with Crippen molar-refractivity contribution >= 4 is 5.91 Å². The van der Waals surface area contributed by atoms with E-state index in [1.165, 1.54) is 0 Å². The van der Waals surface area contributed by atoms with Gasteiger partial charge in [-0.2, -0.15) is 0 Å². The van der Waals surface area contributed by atoms with Crippen molar-refractivity contribution in [3.8, 4) is 0 Å². The van der Waals surface area contributed by atoms with Gasteiger partial charge in [-0.1, -0.05) is 0 Å². The van der Waals surface area contributed by atoms with Crippen molar-refractivity contribution in [1.29, 1.82) is 0 Å². The SMILES string of the molecule is CN(C)Cc1nnc(C2CCN(C(=O)CN3CCOCC3)CC2)n1C. The first-order chi connectivity index (χ1) is 12.0. The largest absolute Gasteiger partial charge is 0.379 e. The van der Waals surface area contributed by atoms with E-state index in [9.17, 15) is 4.79 Å². The fraction of sp³-hybridized carbons (Fsp3) is 0.824. The Morgan fingerprint density at radius 3 is 2.48 bits per heavy atom. The van der Waals surface area contributed by atoms with Gasteiger partial charge in [-0.25, -0.2) is 0 Å². The quantitative estimate of drug-likeness (QED) is 0.740. The molecule has 0 saturated carbocycles. The van der Waals surface area contributed by atoms with Gasteiger partial charge >= 0.3 is 0 Å². The van der Waals surface area contributed by atoms with Crippen molar-refractivity contribution < 1.29 is 9.53 Å². The smallest absolute Gasteiger partial charge is 0.236 e. The molecular weight excluding hydrogens is 320 g/mol. The number of hydrogen-bond donors (Lipinski definition) is 0. The van der Waals surface area contributed by atoms with Gasteiger partial charge in [0, 0.05) is 39.1 Å². The van der Waals surface area contributed by atoms with Crippen LogP contribution in [0, 0.1) is 0 Å². The van der Waals surface area contributed by atoms with Crippen molar-refractivity contribution in [3.63, 3.8) is 0 Å². The fourth-order valence-electron chi connectivity index (χ4n) is 3.59. The molecular formula is C17H30N6O2. The predicted molar refractivity (Wildman–Crippen MR) is 94.2 cm³/mol. The number of aromatic nitrogens is 3. The number of carbonyl (C=O) groups excluding carboxylic acids is 1. The van der Waals surface area contributed by atoms with Crippen LogP contribution in [0.15, 0.2) is 0 Å². The van der Waals surface area contributed by atoms with E-state index in [0.29, 0.717) is 12.5 Å². The minimum Gasteiger partial charge on any atom is -0.379 e. The first-order valence-electron chi connectivity index (χ1n) is 9.15. The Labute approximate surface area is 149 Å². The molecule has 3 rings (SSSR count). The normalized spacial score (nSPS) is 20.4. The van der Waals surface area contributed by atoms with Crippen LogP contribution in [0.3, 0.4) is 0 Å². The molecule has 0 unspecified atom stereocenters. The molecule has 2 aliphatic heterocycles. The zero-order chi connectivity index (χ0) is 17.8. The molecule has 2 saturated heterocycles. The maximum atomic E-state index is 12.5. The first-order valence-corrected chi connectivity index (χ1v) is 9.15. The van der Waals surface area contributed by atoms with Gasteiger partial charge in [0.25, 0.3) is 0 Å². The maximum absolute atomic E-state index is 12.5. The summed E-state index contributed by atoms with van der Waals surface area (Å²) >= 11 is 0. The van der Waals surface area contributed by atoms with E-state index in [0.717, 1.165) is 70.4 Å². The maximum Gasteiger partial charge on any atom is 0.236 e. The second-order valence-corrected chi connectivity index (χ2v) is 7.31. The van der Waals surface area contributed by atoms with E-state index in [1.54, 1.807) is 0 Å². The van der Waals surface area contributed by atoms with E-state index in [2.05, 4.69) is 24.6 Å². The predicted octanol–water partition coefficient (Wildman–Crippen LogP) is -0.0851. The van der Waals surface area contributed by atoms with E-state index < -0.39 is 0 Å². The standard InChI is InChI=1S/C17H30N6O2/c1-20(2)12-15-18-19-17(21(15)3)14-4-6-23(7-5-14)16(24)13-22-8-10-25-11-9-22/h14H,4-13H2,1-3H3. The van der Waals surface area contributed by atoms with Crippen molar-refractivity contribution in [2.24, 2.45) is 7.05 Å². The lowest BCUT2D eigenvalue weighted by Crippen LogP contribution is -2.46. The summed E-state index contributed by atoms with van der Waals surface area (Å²) < 4.78 is 7.46. The van der Waals surface area contributed by atoms with Crippen LogP contribution in [0.5, 0.6) is 0 Å². The number of carbonyl (C=O) groups is 1. The van der Waals surface area contributed by atoms with Crippen LogP contribution in [0.1, 0.15) is 30.4 Å². The Bertz CT molecular complexity index is 574. The third-order valence-electron chi connectivity index (χ3n) is 5.13. The van der Waals surface area contributed by atoms with Crippen LogP contribution in [-0.4, -0.2) is 95.4 Å². The Morgan fingerprint density at radius 1 is 1.16 bits per heavy atom. The van der Waals surface area contributed by atoms with E-state index >= 15 is 0 Å². The fourth-order valence-corrected chi connectivity index (χ4v) is 3.59. The van der Waals surface area contributed by atoms with Crippen LogP contribution < -0.4 is 0 Å². The number of ether oxygens (including phenoxy) is 1. The van der Waals surface area contributed by atoms with Gasteiger partial charge in [0.15, 0.2) is 0 Å². The van der Waals surface area contributed by atoms with Crippen molar-refractivity contribution in [2.75, 3.05) is 60.0 Å². The molecule has 1 aromatic heterocycles. The molecule has 8 heteroatoms. The highest BCUT2D eigenvalue weighted by Crippen LogP contribution is 2.27. The molecule has 1 amide bonds. The number of piperidine rings is 1. The molecule has 3 heterocycles. The van der Waals surface area contributed by atoms with Crippen LogP contribution >= 0.6 is 0 Å². The van der Waals surface area contributed by atoms with Gasteiger partial charge in [0.1, 0.15) is 11.6 Å². The highest BCUT2D eigenvalue weighted by Gasteiger charge is 2.28. The molecule has 0 N–H and O–H groups in total. The minimum atomic E-state index is 0.242. The summed E-state index contributed by atoms with van der Waals surface area (Å²) in [6.07, 6.45) is 1.92. The summed E-state index contributed by atoms with van der Waals surface area (Å²) in [6.45, 7) is 6.11. The Kier molecular flexibility index (Phi) is 6.03. The van der Waals surface area contributed by atoms with Crippen LogP contribution in [0.25, 0.3) is 0 Å². The molecule has 0 bridgehead atoms. The van der Waals surface area contributed by atoms with Crippen LogP contribution in [0.2, 0.25) is 0 Å². The van der Waals surface area contributed by atoms with Gasteiger partial charge in [0.2, 0.25) is 5.91 Å². The lowest BCUT2D eigenvalue weighted by molar-refractivity contribution is -0.134. The van der Waals surface area contributed by atoms with E-state index in [-0.39, 0.29) is 5.91 Å². The van der Waals surface area contributed by atoms with Crippen molar-refractivity contribution in [2.45, 2.75) is 25.3 Å². The molecule has 2 fully saturated rings. The molecule has 1 aromatic rings. The third kappa shape index (κ3) is 4.56. The zero-order valence-electron chi connectivity index (χ0n) is 15.6. The zero-order valence-corrected chi connectivity index (χ0v) is 15.6. The minimum absolute atomic E-state index is 0.242. The number of amides is 1. The lowest BCUT2D eigenvalue weighted by Gasteiger charge is -2.34. The summed E-state index contributed by atoms with van der Waals surface area (Å²) in [6, 6.07) is 0. The van der Waals surface area contributed by atoms with E-state index in [1.807, 2.05) is 26.0 Å². The number of likely N-dealkylation sites (tertiary alicyclic amines) is 1. The third-order valence-corrected chi connectivity index (χ3v) is 5.13. The molecule has 2 aliphatic rings. The van der Waals surface area contributed by atoms with Gasteiger partial charge in [0.05, 0.1) is 26.3 Å². The lowest BCUT2D eigenvalue weighted by atomic mass is 9.96. The molecule has 0 radical (unpaired) electrons. The Balaban J connectivity index is 1.51. The monoisotopic (exact) mass is 350 g/mol. The van der Waals surface area contributed by atoms with E-state index in [4.69, 9.17) is 4.74 Å². The average Bonchev–Trinajstić information content (AvgIpc) is 2.96. The van der Waals surface area contributed by atoms with Gasteiger partial charge < -0.3 is 19.1 Å². The summed E-state index contributed by atoms with van der Waals surface area (Å²) in [7, 11) is 6.12. The second-order valence-electron chi connectivity index (χ2n) is 7.31. The summed E-state index contributed by atoms with van der Waals surface area (Å²) in [5.74, 6) is 2.68.